The van der Waals surface area contributed by atoms with Gasteiger partial charge < -0.3 is 30.9 Å². The smallest absolute Gasteiger partial charge is 0.408 e. The minimum atomic E-state index is -1.12. The molecule has 2 aliphatic carbocycles. The summed E-state index contributed by atoms with van der Waals surface area (Å²) in [5.41, 5.74) is -0.0393. The van der Waals surface area contributed by atoms with E-state index in [-0.39, 0.29) is 48.6 Å². The average Bonchev–Trinajstić information content (AvgIpc) is 3.34. The van der Waals surface area contributed by atoms with Gasteiger partial charge >= 0.3 is 6.09 Å². The molecule has 1 aromatic carbocycles. The molecule has 0 aromatic heterocycles. The van der Waals surface area contributed by atoms with Crippen LogP contribution in [-0.2, 0) is 35.3 Å². The first-order valence-electron chi connectivity index (χ1n) is 17.4. The number of carbonyl (C=O) groups is 6. The monoisotopic (exact) mass is 667 g/mol. The van der Waals surface area contributed by atoms with Gasteiger partial charge in [0.2, 0.25) is 23.5 Å². The van der Waals surface area contributed by atoms with Crippen molar-refractivity contribution >= 4 is 35.5 Å². The molecule has 0 spiro atoms. The summed E-state index contributed by atoms with van der Waals surface area (Å²) in [5.74, 6) is -3.23. The van der Waals surface area contributed by atoms with Gasteiger partial charge in [-0.1, -0.05) is 76.8 Å². The van der Waals surface area contributed by atoms with Crippen molar-refractivity contribution in [3.05, 3.63) is 35.9 Å². The highest BCUT2D eigenvalue weighted by Gasteiger charge is 2.69. The zero-order valence-electron chi connectivity index (χ0n) is 29.2. The average molecular weight is 668 g/mol. The van der Waals surface area contributed by atoms with Crippen LogP contribution in [0.4, 0.5) is 4.79 Å². The molecule has 3 fully saturated rings. The summed E-state index contributed by atoms with van der Waals surface area (Å²) < 4.78 is 5.51. The van der Waals surface area contributed by atoms with Gasteiger partial charge in [-0.2, -0.15) is 0 Å². The van der Waals surface area contributed by atoms with E-state index in [1.165, 1.54) is 0 Å². The van der Waals surface area contributed by atoms with E-state index in [0.717, 1.165) is 37.7 Å². The molecule has 3 unspecified atom stereocenters. The molecule has 1 saturated heterocycles. The second-order valence-electron chi connectivity index (χ2n) is 15.1. The fourth-order valence-electron chi connectivity index (χ4n) is 7.35. The second-order valence-corrected chi connectivity index (χ2v) is 15.1. The first-order chi connectivity index (χ1) is 22.6. The van der Waals surface area contributed by atoms with E-state index in [9.17, 15) is 28.8 Å². The second kappa shape index (κ2) is 15.5. The van der Waals surface area contributed by atoms with Gasteiger partial charge in [-0.15, -0.1) is 0 Å². The molecular weight excluding hydrogens is 614 g/mol. The van der Waals surface area contributed by atoms with Crippen LogP contribution in [0, 0.1) is 23.2 Å². The standard InChI is InChI=1S/C36H53N5O7/c1-7-14-25(30(43)32(45)38-20-26(42)37-19-22-15-10-8-11-16-22)39-31(44)29-27-24(36(27,5)6)21-41(29)33(46)28(23-17-12-9-13-18-23)40-34(47)48-35(2,3)4/h8,10-11,15-16,23-25,27-29H,7,9,12-14,17-21H2,1-6H3,(H,37,42)(H,38,45)(H,39,44)(H,40,47)/t24?,25?,27?,28-,29-/m0/s1. The van der Waals surface area contributed by atoms with E-state index < -0.39 is 53.3 Å². The summed E-state index contributed by atoms with van der Waals surface area (Å²) in [5, 5.41) is 10.7. The lowest BCUT2D eigenvalue weighted by molar-refractivity contribution is -0.145. The highest BCUT2D eigenvalue weighted by molar-refractivity contribution is 6.38. The Morgan fingerprint density at radius 2 is 1.62 bits per heavy atom. The molecule has 12 heteroatoms. The van der Waals surface area contributed by atoms with Crippen molar-refractivity contribution in [3.8, 4) is 0 Å². The Hall–Kier alpha value is -3.96. The molecule has 1 aliphatic heterocycles. The number of alkyl carbamates (subject to hydrolysis) is 1. The third kappa shape index (κ3) is 9.14. The molecule has 48 heavy (non-hydrogen) atoms. The van der Waals surface area contributed by atoms with Crippen LogP contribution in [0.25, 0.3) is 0 Å². The number of hydrogen-bond donors (Lipinski definition) is 4. The number of hydrogen-bond acceptors (Lipinski definition) is 7. The summed E-state index contributed by atoms with van der Waals surface area (Å²) in [6.07, 6.45) is 4.57. The van der Waals surface area contributed by atoms with Crippen molar-refractivity contribution in [1.29, 1.82) is 0 Å². The van der Waals surface area contributed by atoms with Crippen molar-refractivity contribution < 1.29 is 33.5 Å². The molecule has 264 valence electrons. The Morgan fingerprint density at radius 1 is 0.958 bits per heavy atom. The predicted molar refractivity (Wildman–Crippen MR) is 179 cm³/mol. The highest BCUT2D eigenvalue weighted by Crippen LogP contribution is 2.65. The third-order valence-electron chi connectivity index (χ3n) is 10.00. The van der Waals surface area contributed by atoms with Crippen LogP contribution in [0.15, 0.2) is 30.3 Å². The Bertz CT molecular complexity index is 1350. The van der Waals surface area contributed by atoms with Crippen molar-refractivity contribution in [2.75, 3.05) is 13.1 Å². The van der Waals surface area contributed by atoms with Gasteiger partial charge in [-0.3, -0.25) is 24.0 Å². The lowest BCUT2D eigenvalue weighted by Crippen LogP contribution is -2.60. The summed E-state index contributed by atoms with van der Waals surface area (Å²) in [6.45, 7) is 11.5. The molecule has 0 radical (unpaired) electrons. The van der Waals surface area contributed by atoms with Crippen LogP contribution in [-0.4, -0.2) is 77.2 Å². The van der Waals surface area contributed by atoms with E-state index in [4.69, 9.17) is 4.74 Å². The molecule has 5 amide bonds. The van der Waals surface area contributed by atoms with E-state index in [1.807, 2.05) is 37.3 Å². The third-order valence-corrected chi connectivity index (χ3v) is 10.00. The lowest BCUT2D eigenvalue weighted by atomic mass is 9.83. The number of piperidine rings is 1. The van der Waals surface area contributed by atoms with Gasteiger partial charge in [-0.25, -0.2) is 4.79 Å². The van der Waals surface area contributed by atoms with E-state index in [0.29, 0.717) is 13.0 Å². The van der Waals surface area contributed by atoms with E-state index >= 15 is 0 Å². The quantitative estimate of drug-likeness (QED) is 0.235. The summed E-state index contributed by atoms with van der Waals surface area (Å²) >= 11 is 0. The van der Waals surface area contributed by atoms with Crippen LogP contribution >= 0.6 is 0 Å². The fourth-order valence-corrected chi connectivity index (χ4v) is 7.35. The van der Waals surface area contributed by atoms with E-state index in [1.54, 1.807) is 25.7 Å². The molecule has 4 rings (SSSR count). The van der Waals surface area contributed by atoms with Gasteiger partial charge in [0.25, 0.3) is 5.91 Å². The first-order valence-corrected chi connectivity index (χ1v) is 17.4. The van der Waals surface area contributed by atoms with Gasteiger partial charge in [0.05, 0.1) is 12.6 Å². The highest BCUT2D eigenvalue weighted by atomic mass is 16.6. The molecule has 0 bridgehead atoms. The number of Topliss-reactive ketones (excluding diaryl/α,β-unsaturated/α-hetero) is 1. The number of benzene rings is 1. The van der Waals surface area contributed by atoms with Crippen molar-refractivity contribution in [1.82, 2.24) is 26.2 Å². The maximum absolute atomic E-state index is 14.3. The SMILES string of the molecule is CCCC(NC(=O)[C@@H]1C2C(CN1C(=O)[C@@H](NC(=O)OC(C)(C)C)C1CCCCC1)C2(C)C)C(=O)C(=O)NCC(=O)NCc1ccccc1. The van der Waals surface area contributed by atoms with Crippen LogP contribution in [0.3, 0.4) is 0 Å². The number of ketones is 1. The van der Waals surface area contributed by atoms with Crippen molar-refractivity contribution in [3.63, 3.8) is 0 Å². The predicted octanol–water partition coefficient (Wildman–Crippen LogP) is 3.23. The van der Waals surface area contributed by atoms with Gasteiger partial charge in [0.1, 0.15) is 17.7 Å². The Labute approximate surface area is 283 Å². The van der Waals surface area contributed by atoms with Crippen molar-refractivity contribution in [2.45, 2.75) is 117 Å². The molecular formula is C36H53N5O7. The number of rotatable bonds is 13. The normalized spacial score (nSPS) is 22.8. The van der Waals surface area contributed by atoms with Crippen LogP contribution in [0.1, 0.15) is 92.1 Å². The molecule has 1 heterocycles. The number of fused-ring (bicyclic) bond motifs is 1. The van der Waals surface area contributed by atoms with Crippen LogP contribution in [0.2, 0.25) is 0 Å². The maximum Gasteiger partial charge on any atom is 0.408 e. The Kier molecular flexibility index (Phi) is 11.9. The molecule has 4 N–H and O–H groups in total. The molecule has 3 aliphatic rings. The van der Waals surface area contributed by atoms with Gasteiger partial charge in [-0.05, 0) is 68.8 Å². The summed E-state index contributed by atoms with van der Waals surface area (Å²) in [4.78, 5) is 81.2. The number of likely N-dealkylation sites (tertiary alicyclic amines) is 1. The maximum atomic E-state index is 14.3. The Balaban J connectivity index is 1.44. The lowest BCUT2D eigenvalue weighted by Gasteiger charge is -2.37. The summed E-state index contributed by atoms with van der Waals surface area (Å²) in [7, 11) is 0. The fraction of sp³-hybridized carbons (Fsp3) is 0.667. The minimum Gasteiger partial charge on any atom is -0.444 e. The molecule has 1 aromatic rings. The first kappa shape index (κ1) is 36.9. The zero-order chi connectivity index (χ0) is 35.2. The number of amides is 5. The summed E-state index contributed by atoms with van der Waals surface area (Å²) in [6, 6.07) is 6.46. The molecule has 2 saturated carbocycles. The number of nitrogens with one attached hydrogen (secondary N) is 4. The number of nitrogens with zero attached hydrogens (tertiary/aromatic N) is 1. The molecule has 12 nitrogen and oxygen atoms in total. The zero-order valence-corrected chi connectivity index (χ0v) is 29.2. The van der Waals surface area contributed by atoms with Crippen molar-refractivity contribution in [2.24, 2.45) is 23.2 Å². The van der Waals surface area contributed by atoms with Crippen LogP contribution in [0.5, 0.6) is 0 Å². The topological polar surface area (TPSA) is 163 Å². The largest absolute Gasteiger partial charge is 0.444 e. The van der Waals surface area contributed by atoms with E-state index in [2.05, 4.69) is 35.1 Å². The minimum absolute atomic E-state index is 0.0868. The van der Waals surface area contributed by atoms with Gasteiger partial charge in [0, 0.05) is 13.1 Å². The molecule has 5 atom stereocenters. The number of carbonyl (C=O) groups excluding carboxylic acids is 6. The Morgan fingerprint density at radius 3 is 2.25 bits per heavy atom. The van der Waals surface area contributed by atoms with Crippen LogP contribution < -0.4 is 21.3 Å². The number of ether oxygens (including phenoxy) is 1. The van der Waals surface area contributed by atoms with Gasteiger partial charge in [0.15, 0.2) is 0 Å².